The Balaban J connectivity index is 2.44. The summed E-state index contributed by atoms with van der Waals surface area (Å²) in [5.41, 5.74) is 2.31. The molecule has 0 saturated heterocycles. The smallest absolute Gasteiger partial charge is 0.303 e. The van der Waals surface area contributed by atoms with E-state index < -0.39 is 5.97 Å². The van der Waals surface area contributed by atoms with Crippen LogP contribution in [0.25, 0.3) is 11.3 Å². The largest absolute Gasteiger partial charge is 0.481 e. The number of aromatic nitrogens is 1. The van der Waals surface area contributed by atoms with E-state index in [4.69, 9.17) is 9.52 Å². The van der Waals surface area contributed by atoms with Crippen LogP contribution in [-0.2, 0) is 24.2 Å². The van der Waals surface area contributed by atoms with Crippen LogP contribution in [0.1, 0.15) is 30.4 Å². The molecule has 20 heavy (non-hydrogen) atoms. The molecule has 0 aliphatic carbocycles. The van der Waals surface area contributed by atoms with Crippen LogP contribution in [0.15, 0.2) is 28.8 Å². The highest BCUT2D eigenvalue weighted by molar-refractivity contribution is 5.70. The maximum Gasteiger partial charge on any atom is 0.303 e. The monoisotopic (exact) mass is 275 g/mol. The van der Waals surface area contributed by atoms with Crippen molar-refractivity contribution in [2.45, 2.75) is 32.8 Å². The van der Waals surface area contributed by atoms with Gasteiger partial charge in [-0.05, 0) is 17.5 Å². The summed E-state index contributed by atoms with van der Waals surface area (Å²) in [5.74, 6) is 0.348. The Labute approximate surface area is 116 Å². The van der Waals surface area contributed by atoms with Crippen molar-refractivity contribution in [3.8, 4) is 11.3 Å². The Bertz CT molecular complexity index is 604. The molecule has 0 fully saturated rings. The molecule has 1 aromatic heterocycles. The number of rotatable bonds is 6. The summed E-state index contributed by atoms with van der Waals surface area (Å²) in [4.78, 5) is 14.9. The van der Waals surface area contributed by atoms with E-state index in [1.165, 1.54) is 0 Å². The molecule has 0 radical (unpaired) electrons. The number of hydrogen-bond donors (Lipinski definition) is 2. The van der Waals surface area contributed by atoms with Crippen LogP contribution < -0.4 is 0 Å². The van der Waals surface area contributed by atoms with Crippen molar-refractivity contribution >= 4 is 5.97 Å². The van der Waals surface area contributed by atoms with Gasteiger partial charge >= 0.3 is 5.97 Å². The molecular formula is C15H17NO4. The fraction of sp³-hybridized carbons (Fsp3) is 0.333. The van der Waals surface area contributed by atoms with Crippen LogP contribution >= 0.6 is 0 Å². The molecule has 0 saturated carbocycles. The number of carboxylic acid groups (broad SMARTS) is 1. The van der Waals surface area contributed by atoms with Crippen LogP contribution in [-0.4, -0.2) is 21.2 Å². The van der Waals surface area contributed by atoms with E-state index >= 15 is 0 Å². The van der Waals surface area contributed by atoms with Crippen molar-refractivity contribution < 1.29 is 19.4 Å². The summed E-state index contributed by atoms with van der Waals surface area (Å²) < 4.78 is 5.64. The number of carbonyl (C=O) groups is 1. The first-order valence-corrected chi connectivity index (χ1v) is 6.54. The van der Waals surface area contributed by atoms with Crippen molar-refractivity contribution in [1.82, 2.24) is 4.98 Å². The molecule has 0 bridgehead atoms. The second-order valence-electron chi connectivity index (χ2n) is 4.47. The zero-order chi connectivity index (χ0) is 14.5. The van der Waals surface area contributed by atoms with Crippen LogP contribution in [0.3, 0.4) is 0 Å². The third kappa shape index (κ3) is 3.05. The average molecular weight is 275 g/mol. The quantitative estimate of drug-likeness (QED) is 0.845. The number of oxazole rings is 1. The number of aliphatic hydroxyl groups excluding tert-OH is 1. The van der Waals surface area contributed by atoms with Gasteiger partial charge in [-0.25, -0.2) is 4.98 Å². The predicted octanol–water partition coefficient (Wildman–Crippen LogP) is 2.41. The van der Waals surface area contributed by atoms with Crippen LogP contribution in [0.4, 0.5) is 0 Å². The van der Waals surface area contributed by atoms with E-state index in [9.17, 15) is 9.90 Å². The van der Waals surface area contributed by atoms with Crippen molar-refractivity contribution in [2.75, 3.05) is 0 Å². The lowest BCUT2D eigenvalue weighted by molar-refractivity contribution is -0.136. The topological polar surface area (TPSA) is 83.6 Å². The van der Waals surface area contributed by atoms with E-state index in [0.29, 0.717) is 30.1 Å². The molecule has 5 heteroatoms. The maximum absolute atomic E-state index is 10.7. The summed E-state index contributed by atoms with van der Waals surface area (Å²) in [5, 5.41) is 18.3. The van der Waals surface area contributed by atoms with Crippen molar-refractivity contribution in [1.29, 1.82) is 0 Å². The van der Waals surface area contributed by atoms with Gasteiger partial charge in [-0.3, -0.25) is 4.79 Å². The number of aliphatic carboxylic acids is 1. The third-order valence-corrected chi connectivity index (χ3v) is 3.12. The zero-order valence-corrected chi connectivity index (χ0v) is 11.3. The summed E-state index contributed by atoms with van der Waals surface area (Å²) in [6.07, 6.45) is 2.74. The van der Waals surface area contributed by atoms with Crippen LogP contribution in [0.2, 0.25) is 0 Å². The number of aliphatic hydroxyl groups is 1. The Kier molecular flexibility index (Phi) is 4.53. The van der Waals surface area contributed by atoms with Gasteiger partial charge in [-0.2, -0.15) is 0 Å². The van der Waals surface area contributed by atoms with Gasteiger partial charge in [0.1, 0.15) is 0 Å². The minimum absolute atomic E-state index is 0.0383. The number of carboxylic acids is 1. The van der Waals surface area contributed by atoms with E-state index in [1.54, 1.807) is 12.3 Å². The molecule has 0 aliphatic heterocycles. The number of hydrogen-bond acceptors (Lipinski definition) is 4. The highest BCUT2D eigenvalue weighted by Crippen LogP contribution is 2.29. The molecule has 0 spiro atoms. The lowest BCUT2D eigenvalue weighted by atomic mass is 9.96. The van der Waals surface area contributed by atoms with Crippen molar-refractivity contribution in [2.24, 2.45) is 0 Å². The molecule has 0 atom stereocenters. The minimum Gasteiger partial charge on any atom is -0.481 e. The zero-order valence-electron chi connectivity index (χ0n) is 11.3. The molecule has 0 aliphatic rings. The van der Waals surface area contributed by atoms with Gasteiger partial charge in [0.05, 0.1) is 12.8 Å². The fourth-order valence-electron chi connectivity index (χ4n) is 2.14. The van der Waals surface area contributed by atoms with Gasteiger partial charge in [0, 0.05) is 18.4 Å². The lowest BCUT2D eigenvalue weighted by Crippen LogP contribution is -2.01. The molecule has 2 aromatic rings. The first-order valence-electron chi connectivity index (χ1n) is 6.54. The molecule has 2 N–H and O–H groups in total. The minimum atomic E-state index is -0.850. The third-order valence-electron chi connectivity index (χ3n) is 3.12. The van der Waals surface area contributed by atoms with Crippen molar-refractivity contribution in [3.63, 3.8) is 0 Å². The van der Waals surface area contributed by atoms with Gasteiger partial charge in [-0.1, -0.05) is 25.1 Å². The highest BCUT2D eigenvalue weighted by atomic mass is 16.4. The Hall–Kier alpha value is -2.14. The Morgan fingerprint density at radius 1 is 1.35 bits per heavy atom. The molecule has 0 unspecified atom stereocenters. The van der Waals surface area contributed by atoms with E-state index in [0.717, 1.165) is 11.1 Å². The molecule has 1 heterocycles. The van der Waals surface area contributed by atoms with Gasteiger partial charge in [-0.15, -0.1) is 0 Å². The maximum atomic E-state index is 10.7. The first-order chi connectivity index (χ1) is 9.65. The molecule has 5 nitrogen and oxygen atoms in total. The SMILES string of the molecule is CCc1ncc(-c2c(CO)cccc2CCC(=O)O)o1. The first kappa shape index (κ1) is 14.3. The molecule has 1 aromatic carbocycles. The predicted molar refractivity (Wildman–Crippen MR) is 73.2 cm³/mol. The number of benzene rings is 1. The standard InChI is InChI=1S/C15H17NO4/c1-2-13-16-8-12(20-13)15-10(6-7-14(18)19)4-3-5-11(15)9-17/h3-5,8,17H,2,6-7,9H2,1H3,(H,18,19). The lowest BCUT2D eigenvalue weighted by Gasteiger charge is -2.10. The average Bonchev–Trinajstić information content (AvgIpc) is 2.93. The van der Waals surface area contributed by atoms with Crippen LogP contribution in [0, 0.1) is 0 Å². The normalized spacial score (nSPS) is 10.7. The molecule has 0 amide bonds. The Morgan fingerprint density at radius 2 is 2.10 bits per heavy atom. The van der Waals surface area contributed by atoms with Gasteiger partial charge < -0.3 is 14.6 Å². The molecular weight excluding hydrogens is 258 g/mol. The fourth-order valence-corrected chi connectivity index (χ4v) is 2.14. The summed E-state index contributed by atoms with van der Waals surface area (Å²) in [6, 6.07) is 5.46. The second-order valence-corrected chi connectivity index (χ2v) is 4.47. The number of aryl methyl sites for hydroxylation is 2. The van der Waals surface area contributed by atoms with Crippen LogP contribution in [0.5, 0.6) is 0 Å². The highest BCUT2D eigenvalue weighted by Gasteiger charge is 2.15. The van der Waals surface area contributed by atoms with E-state index in [-0.39, 0.29) is 13.0 Å². The number of nitrogens with zero attached hydrogens (tertiary/aromatic N) is 1. The summed E-state index contributed by atoms with van der Waals surface area (Å²) in [7, 11) is 0. The molecule has 106 valence electrons. The summed E-state index contributed by atoms with van der Waals surface area (Å²) in [6.45, 7) is 1.82. The second kappa shape index (κ2) is 6.34. The van der Waals surface area contributed by atoms with E-state index in [2.05, 4.69) is 4.98 Å². The van der Waals surface area contributed by atoms with Gasteiger partial charge in [0.15, 0.2) is 11.7 Å². The Morgan fingerprint density at radius 3 is 2.70 bits per heavy atom. The van der Waals surface area contributed by atoms with Gasteiger partial charge in [0.25, 0.3) is 0 Å². The van der Waals surface area contributed by atoms with Crippen molar-refractivity contribution in [3.05, 3.63) is 41.4 Å². The van der Waals surface area contributed by atoms with Gasteiger partial charge in [0.2, 0.25) is 0 Å². The van der Waals surface area contributed by atoms with E-state index in [1.807, 2.05) is 19.1 Å². The summed E-state index contributed by atoms with van der Waals surface area (Å²) >= 11 is 0. The molecule has 2 rings (SSSR count).